The van der Waals surface area contributed by atoms with Crippen molar-refractivity contribution in [3.05, 3.63) is 199 Å². The van der Waals surface area contributed by atoms with Crippen molar-refractivity contribution in [2.75, 3.05) is 0 Å². The highest BCUT2D eigenvalue weighted by Gasteiger charge is 2.30. The van der Waals surface area contributed by atoms with Crippen molar-refractivity contribution >= 4 is 56.7 Å². The van der Waals surface area contributed by atoms with E-state index in [0.717, 1.165) is 44.5 Å². The molecule has 4 N–H and O–H groups in total. The van der Waals surface area contributed by atoms with Crippen molar-refractivity contribution in [1.29, 1.82) is 0 Å². The summed E-state index contributed by atoms with van der Waals surface area (Å²) in [6.07, 6.45) is 0. The molecule has 0 aromatic heterocycles. The van der Waals surface area contributed by atoms with Crippen LogP contribution in [0.15, 0.2) is 156 Å². The molecule has 0 heterocycles. The van der Waals surface area contributed by atoms with Gasteiger partial charge in [0.15, 0.2) is 0 Å². The molecule has 0 radical (unpaired) electrons. The molecule has 10 heteroatoms. The van der Waals surface area contributed by atoms with Crippen LogP contribution in [0.3, 0.4) is 0 Å². The molecule has 6 aromatic rings. The molecule has 0 aliphatic heterocycles. The molecule has 0 amide bonds. The summed E-state index contributed by atoms with van der Waals surface area (Å²) in [7, 11) is 0. The zero-order valence-corrected chi connectivity index (χ0v) is 27.4. The molecule has 0 unspecified atom stereocenters. The third-order valence-corrected chi connectivity index (χ3v) is 9.21. The van der Waals surface area contributed by atoms with Crippen LogP contribution in [0.1, 0.15) is 33.4 Å². The summed E-state index contributed by atoms with van der Waals surface area (Å²) in [4.78, 5) is 33.7. The Morgan fingerprint density at radius 1 is 0.423 bits per heavy atom. The van der Waals surface area contributed by atoms with E-state index in [-0.39, 0.29) is 22.5 Å². The van der Waals surface area contributed by atoms with E-state index in [2.05, 4.69) is 0 Å². The van der Waals surface area contributed by atoms with Gasteiger partial charge in [-0.2, -0.15) is 0 Å². The van der Waals surface area contributed by atoms with E-state index in [1.165, 1.54) is 24.3 Å². The van der Waals surface area contributed by atoms with Gasteiger partial charge < -0.3 is 11.5 Å². The number of hydrogen-bond donors (Lipinski definition) is 2. The number of hydrogen-bond acceptors (Lipinski definition) is 8. The fraction of sp³-hybridized carbons (Fsp3) is 0. The van der Waals surface area contributed by atoms with Crippen LogP contribution in [0, 0.1) is 20.2 Å². The summed E-state index contributed by atoms with van der Waals surface area (Å²) < 4.78 is 0. The van der Waals surface area contributed by atoms with Crippen LogP contribution in [0.25, 0.3) is 33.7 Å². The second kappa shape index (κ2) is 12.8. The van der Waals surface area contributed by atoms with Crippen LogP contribution < -0.4 is 11.5 Å². The topological polar surface area (TPSA) is 163 Å². The molecule has 10 nitrogen and oxygen atoms in total. The number of allylic oxidation sites excluding steroid dienone is 2. The Balaban J connectivity index is 1.23. The number of rotatable bonds is 7. The Morgan fingerprint density at radius 3 is 1.13 bits per heavy atom. The SMILES string of the molecule is NC1=C(c2ccccc2)C(=Nc2ccc(-c3ccc(N=C4C(c5ccccc5)=C(N)c5ccccc54)cc3[N+](=O)[O-])c([N+](=O)[O-])c2)c2ccccc21. The predicted octanol–water partition coefficient (Wildman–Crippen LogP) is 9.09. The van der Waals surface area contributed by atoms with Crippen molar-refractivity contribution in [1.82, 2.24) is 0 Å². The largest absolute Gasteiger partial charge is 0.398 e. The summed E-state index contributed by atoms with van der Waals surface area (Å²) in [6, 6.07) is 43.2. The van der Waals surface area contributed by atoms with Crippen LogP contribution in [0.5, 0.6) is 0 Å². The number of nitro benzene ring substituents is 2. The Labute approximate surface area is 297 Å². The van der Waals surface area contributed by atoms with E-state index in [4.69, 9.17) is 21.5 Å². The van der Waals surface area contributed by atoms with Gasteiger partial charge in [-0.05, 0) is 35.4 Å². The van der Waals surface area contributed by atoms with Crippen molar-refractivity contribution < 1.29 is 9.85 Å². The first-order valence-corrected chi connectivity index (χ1v) is 16.4. The first kappa shape index (κ1) is 31.8. The minimum absolute atomic E-state index is 0.0744. The number of benzene rings is 6. The standard InChI is InChI=1S/C42H28N6O4/c43-39-31-15-7-9-17-33(31)41(37(39)25-11-3-1-4-12-25)45-27-19-21-29(35(23-27)47(49)50)30-22-20-28(24-36(30)48(51)52)46-42-34-18-10-8-16-32(34)40(44)38(42)26-13-5-2-6-14-26/h1-24H,43-44H2. The molecule has 0 spiro atoms. The average molecular weight is 681 g/mol. The zero-order chi connectivity index (χ0) is 35.9. The molecule has 0 saturated carbocycles. The lowest BCUT2D eigenvalue weighted by Gasteiger charge is -2.10. The van der Waals surface area contributed by atoms with Crippen molar-refractivity contribution in [3.8, 4) is 11.1 Å². The van der Waals surface area contributed by atoms with Gasteiger partial charge in [0.2, 0.25) is 0 Å². The fourth-order valence-electron chi connectivity index (χ4n) is 6.86. The van der Waals surface area contributed by atoms with Crippen LogP contribution in [-0.2, 0) is 0 Å². The molecule has 2 aliphatic carbocycles. The minimum Gasteiger partial charge on any atom is -0.398 e. The quantitative estimate of drug-likeness (QED) is 0.126. The number of nitrogens with zero attached hydrogens (tertiary/aromatic N) is 4. The molecule has 0 saturated heterocycles. The molecular formula is C42H28N6O4. The van der Waals surface area contributed by atoms with Crippen molar-refractivity contribution in [2.24, 2.45) is 21.5 Å². The summed E-state index contributed by atoms with van der Waals surface area (Å²) in [5.41, 5.74) is 22.0. The minimum atomic E-state index is -0.559. The van der Waals surface area contributed by atoms with E-state index in [1.807, 2.05) is 109 Å². The van der Waals surface area contributed by atoms with E-state index in [1.54, 1.807) is 12.1 Å². The van der Waals surface area contributed by atoms with E-state index < -0.39 is 9.85 Å². The van der Waals surface area contributed by atoms with Gasteiger partial charge in [-0.15, -0.1) is 0 Å². The van der Waals surface area contributed by atoms with Gasteiger partial charge in [0, 0.05) is 56.9 Å². The molecule has 0 bridgehead atoms. The molecule has 250 valence electrons. The molecule has 6 aromatic carbocycles. The lowest BCUT2D eigenvalue weighted by atomic mass is 9.99. The lowest BCUT2D eigenvalue weighted by molar-refractivity contribution is -0.386. The maximum absolute atomic E-state index is 12.5. The summed E-state index contributed by atoms with van der Waals surface area (Å²) >= 11 is 0. The summed E-state index contributed by atoms with van der Waals surface area (Å²) in [6.45, 7) is 0. The summed E-state index contributed by atoms with van der Waals surface area (Å²) in [5.74, 6) is 0. The fourth-order valence-corrected chi connectivity index (χ4v) is 6.86. The van der Waals surface area contributed by atoms with E-state index >= 15 is 0 Å². The monoisotopic (exact) mass is 680 g/mol. The molecule has 2 aliphatic rings. The highest BCUT2D eigenvalue weighted by molar-refractivity contribution is 6.43. The molecule has 0 fully saturated rings. The first-order valence-electron chi connectivity index (χ1n) is 16.4. The zero-order valence-electron chi connectivity index (χ0n) is 27.4. The van der Waals surface area contributed by atoms with Gasteiger partial charge in [0.25, 0.3) is 11.4 Å². The maximum atomic E-state index is 12.5. The average Bonchev–Trinajstić information content (AvgIpc) is 3.61. The number of nitro groups is 2. The van der Waals surface area contributed by atoms with Crippen LogP contribution >= 0.6 is 0 Å². The van der Waals surface area contributed by atoms with Gasteiger partial charge in [-0.3, -0.25) is 20.2 Å². The highest BCUT2D eigenvalue weighted by Crippen LogP contribution is 2.43. The Hall–Kier alpha value is -7.46. The smallest absolute Gasteiger partial charge is 0.279 e. The molecule has 52 heavy (non-hydrogen) atoms. The number of nitrogens with two attached hydrogens (primary N) is 2. The van der Waals surface area contributed by atoms with Crippen LogP contribution in [0.2, 0.25) is 0 Å². The van der Waals surface area contributed by atoms with Gasteiger partial charge in [0.1, 0.15) is 0 Å². The lowest BCUT2D eigenvalue weighted by Crippen LogP contribution is -2.02. The molecule has 8 rings (SSSR count). The van der Waals surface area contributed by atoms with Gasteiger partial charge >= 0.3 is 0 Å². The highest BCUT2D eigenvalue weighted by atomic mass is 16.6. The van der Waals surface area contributed by atoms with Gasteiger partial charge in [-0.1, -0.05) is 109 Å². The van der Waals surface area contributed by atoms with Crippen LogP contribution in [0.4, 0.5) is 22.7 Å². The van der Waals surface area contributed by atoms with E-state index in [9.17, 15) is 20.2 Å². The van der Waals surface area contributed by atoms with Crippen molar-refractivity contribution in [3.63, 3.8) is 0 Å². The summed E-state index contributed by atoms with van der Waals surface area (Å²) in [5, 5.41) is 25.1. The Bertz CT molecular complexity index is 2410. The second-order valence-electron chi connectivity index (χ2n) is 12.2. The number of aliphatic imine (C=N–C) groups is 2. The molecular weight excluding hydrogens is 653 g/mol. The maximum Gasteiger partial charge on any atom is 0.279 e. The third kappa shape index (κ3) is 5.40. The van der Waals surface area contributed by atoms with Gasteiger partial charge in [0.05, 0.1) is 43.8 Å². The van der Waals surface area contributed by atoms with Crippen molar-refractivity contribution in [2.45, 2.75) is 0 Å². The third-order valence-electron chi connectivity index (χ3n) is 9.21. The Morgan fingerprint density at radius 2 is 0.769 bits per heavy atom. The second-order valence-corrected chi connectivity index (χ2v) is 12.2. The normalized spacial score (nSPS) is 14.9. The molecule has 0 atom stereocenters. The predicted molar refractivity (Wildman–Crippen MR) is 205 cm³/mol. The Kier molecular flexibility index (Phi) is 7.81. The van der Waals surface area contributed by atoms with Gasteiger partial charge in [-0.25, -0.2) is 9.98 Å². The van der Waals surface area contributed by atoms with Crippen LogP contribution in [-0.4, -0.2) is 21.3 Å². The first-order chi connectivity index (χ1) is 25.3. The van der Waals surface area contributed by atoms with E-state index in [0.29, 0.717) is 34.2 Å². The number of fused-ring (bicyclic) bond motifs is 2.